The first kappa shape index (κ1) is 39.0. The van der Waals surface area contributed by atoms with Crippen molar-refractivity contribution >= 4 is 93.1 Å². The minimum atomic E-state index is 0.897. The SMILES string of the molecule is c1cc(-c2ccc(N(c3ccc(-c4ccc5oc6c7ccccc7ccc6c5c4)cc3)c3ccccc3-c3ccc4c(ccc5ccccc54)c3)cc2)cc(-n2c3ccccc3c3ccccc32)c1. The summed E-state index contributed by atoms with van der Waals surface area (Å²) in [4.78, 5) is 2.40. The second-order valence-electron chi connectivity index (χ2n) is 18.1. The van der Waals surface area contributed by atoms with Gasteiger partial charge in [-0.15, -0.1) is 0 Å². The first-order valence-corrected chi connectivity index (χ1v) is 23.6. The van der Waals surface area contributed by atoms with Crippen LogP contribution >= 0.6 is 0 Å². The Labute approximate surface area is 399 Å². The Balaban J connectivity index is 0.874. The zero-order chi connectivity index (χ0) is 45.4. The summed E-state index contributed by atoms with van der Waals surface area (Å²) in [5.41, 5.74) is 15.6. The van der Waals surface area contributed by atoms with Gasteiger partial charge in [-0.05, 0) is 134 Å². The van der Waals surface area contributed by atoms with Crippen LogP contribution in [0, 0.1) is 0 Å². The van der Waals surface area contributed by atoms with Gasteiger partial charge in [0.25, 0.3) is 0 Å². The molecular weight excluding hydrogens is 837 g/mol. The lowest BCUT2D eigenvalue weighted by Crippen LogP contribution is -2.11. The molecule has 0 aliphatic heterocycles. The summed E-state index contributed by atoms with van der Waals surface area (Å²) in [7, 11) is 0. The summed E-state index contributed by atoms with van der Waals surface area (Å²) in [6.45, 7) is 0. The first-order valence-electron chi connectivity index (χ1n) is 23.6. The minimum Gasteiger partial charge on any atom is -0.455 e. The second kappa shape index (κ2) is 15.7. The van der Waals surface area contributed by atoms with E-state index in [0.717, 1.165) is 77.9 Å². The number of aromatic nitrogens is 1. The zero-order valence-corrected chi connectivity index (χ0v) is 37.6. The van der Waals surface area contributed by atoms with Crippen molar-refractivity contribution in [2.75, 3.05) is 4.90 Å². The van der Waals surface area contributed by atoms with Crippen molar-refractivity contribution in [3.05, 3.63) is 255 Å². The van der Waals surface area contributed by atoms with E-state index in [1.165, 1.54) is 54.3 Å². The minimum absolute atomic E-state index is 0.897. The van der Waals surface area contributed by atoms with Crippen molar-refractivity contribution < 1.29 is 4.42 Å². The predicted octanol–water partition coefficient (Wildman–Crippen LogP) is 18.6. The highest BCUT2D eigenvalue weighted by Gasteiger charge is 2.19. The quantitative estimate of drug-likeness (QED) is 0.149. The molecule has 0 N–H and O–H groups in total. The molecule has 0 fully saturated rings. The third-order valence-corrected chi connectivity index (χ3v) is 14.2. The highest BCUT2D eigenvalue weighted by atomic mass is 16.3. The van der Waals surface area contributed by atoms with E-state index in [9.17, 15) is 0 Å². The summed E-state index contributed by atoms with van der Waals surface area (Å²) in [6.07, 6.45) is 0. The molecule has 3 nitrogen and oxygen atoms in total. The molecule has 0 aliphatic carbocycles. The van der Waals surface area contributed by atoms with Crippen LogP contribution in [0.5, 0.6) is 0 Å². The average Bonchev–Trinajstić information content (AvgIpc) is 3.97. The molecule has 2 aromatic heterocycles. The fourth-order valence-corrected chi connectivity index (χ4v) is 10.8. The van der Waals surface area contributed by atoms with Gasteiger partial charge < -0.3 is 13.9 Å². The van der Waals surface area contributed by atoms with Gasteiger partial charge in [0.1, 0.15) is 11.2 Å². The largest absolute Gasteiger partial charge is 0.455 e. The Morgan fingerprint density at radius 3 is 1.58 bits per heavy atom. The van der Waals surface area contributed by atoms with Crippen LogP contribution in [0.1, 0.15) is 0 Å². The van der Waals surface area contributed by atoms with Crippen molar-refractivity contribution in [1.29, 1.82) is 0 Å². The number of rotatable bonds is 7. The predicted molar refractivity (Wildman–Crippen MR) is 292 cm³/mol. The van der Waals surface area contributed by atoms with Gasteiger partial charge >= 0.3 is 0 Å². The van der Waals surface area contributed by atoms with E-state index in [4.69, 9.17) is 4.42 Å². The monoisotopic (exact) mass is 878 g/mol. The van der Waals surface area contributed by atoms with Gasteiger partial charge in [0.2, 0.25) is 0 Å². The van der Waals surface area contributed by atoms with Crippen molar-refractivity contribution in [3.63, 3.8) is 0 Å². The molecule has 12 aromatic carbocycles. The number of furan rings is 1. The standard InChI is InChI=1S/C66H42N2O/c1-3-16-54-45(12-1)24-25-49-40-50(31-37-55(49)54)56-17-5-8-21-62(56)67(52-35-28-44(29-36-52)48-32-39-65-61(42-48)60-38-30-46-13-2-4-18-57(46)66(60)69-65)51-33-26-43(27-34-51)47-14-11-15-53(41-47)68-63-22-9-6-19-58(63)59-20-7-10-23-64(59)68/h1-42H. The van der Waals surface area contributed by atoms with E-state index in [0.29, 0.717) is 0 Å². The molecule has 0 atom stereocenters. The van der Waals surface area contributed by atoms with Gasteiger partial charge in [-0.25, -0.2) is 0 Å². The summed E-state index contributed by atoms with van der Waals surface area (Å²) < 4.78 is 8.86. The Morgan fingerprint density at radius 1 is 0.304 bits per heavy atom. The van der Waals surface area contributed by atoms with Crippen molar-refractivity contribution in [2.45, 2.75) is 0 Å². The molecular formula is C66H42N2O. The number of para-hydroxylation sites is 3. The molecule has 0 aliphatic rings. The average molecular weight is 879 g/mol. The number of anilines is 3. The first-order chi connectivity index (χ1) is 34.2. The molecule has 0 bridgehead atoms. The van der Waals surface area contributed by atoms with Crippen LogP contribution in [0.25, 0.3) is 115 Å². The van der Waals surface area contributed by atoms with E-state index in [1.807, 2.05) is 0 Å². The Bertz CT molecular complexity index is 4260. The number of hydrogen-bond donors (Lipinski definition) is 0. The molecule has 14 aromatic rings. The topological polar surface area (TPSA) is 21.3 Å². The Kier molecular flexibility index (Phi) is 8.90. The smallest absolute Gasteiger partial charge is 0.143 e. The van der Waals surface area contributed by atoms with Crippen molar-refractivity contribution in [1.82, 2.24) is 4.57 Å². The van der Waals surface area contributed by atoms with Gasteiger partial charge in [0, 0.05) is 49.6 Å². The maximum atomic E-state index is 6.48. The fraction of sp³-hybridized carbons (Fsp3) is 0. The van der Waals surface area contributed by atoms with Crippen LogP contribution in [0.3, 0.4) is 0 Å². The van der Waals surface area contributed by atoms with Gasteiger partial charge in [0.05, 0.1) is 16.7 Å². The normalized spacial score (nSPS) is 11.8. The van der Waals surface area contributed by atoms with Gasteiger partial charge in [-0.1, -0.05) is 176 Å². The van der Waals surface area contributed by atoms with E-state index in [1.54, 1.807) is 0 Å². The zero-order valence-electron chi connectivity index (χ0n) is 37.6. The number of nitrogens with zero attached hydrogens (tertiary/aromatic N) is 2. The van der Waals surface area contributed by atoms with E-state index < -0.39 is 0 Å². The number of hydrogen-bond acceptors (Lipinski definition) is 2. The highest BCUT2D eigenvalue weighted by molar-refractivity contribution is 6.16. The lowest BCUT2D eigenvalue weighted by molar-refractivity contribution is 0.672. The number of fused-ring (bicyclic) bond motifs is 11. The summed E-state index contributed by atoms with van der Waals surface area (Å²) in [6, 6.07) is 92.6. The van der Waals surface area contributed by atoms with Crippen LogP contribution in [-0.4, -0.2) is 4.57 Å². The van der Waals surface area contributed by atoms with Crippen LogP contribution in [0.4, 0.5) is 17.1 Å². The molecule has 69 heavy (non-hydrogen) atoms. The van der Waals surface area contributed by atoms with Gasteiger partial charge in [0.15, 0.2) is 0 Å². The molecule has 0 spiro atoms. The molecule has 0 unspecified atom stereocenters. The summed E-state index contributed by atoms with van der Waals surface area (Å²) in [5, 5.41) is 12.1. The lowest BCUT2D eigenvalue weighted by atomic mass is 9.96. The molecule has 0 amide bonds. The Hall–Kier alpha value is -9.18. The Morgan fingerprint density at radius 2 is 0.841 bits per heavy atom. The molecule has 2 heterocycles. The molecule has 14 rings (SSSR count). The maximum absolute atomic E-state index is 6.48. The summed E-state index contributed by atoms with van der Waals surface area (Å²) >= 11 is 0. The summed E-state index contributed by atoms with van der Waals surface area (Å²) in [5.74, 6) is 0. The molecule has 0 radical (unpaired) electrons. The van der Waals surface area contributed by atoms with Gasteiger partial charge in [-0.2, -0.15) is 0 Å². The van der Waals surface area contributed by atoms with E-state index in [2.05, 4.69) is 264 Å². The van der Waals surface area contributed by atoms with Crippen molar-refractivity contribution in [3.8, 4) is 39.1 Å². The fourth-order valence-electron chi connectivity index (χ4n) is 10.8. The van der Waals surface area contributed by atoms with E-state index in [-0.39, 0.29) is 0 Å². The van der Waals surface area contributed by atoms with Crippen LogP contribution in [0.2, 0.25) is 0 Å². The maximum Gasteiger partial charge on any atom is 0.143 e. The highest BCUT2D eigenvalue weighted by Crippen LogP contribution is 2.44. The van der Waals surface area contributed by atoms with Crippen LogP contribution in [0.15, 0.2) is 259 Å². The number of benzene rings is 12. The third-order valence-electron chi connectivity index (χ3n) is 14.2. The van der Waals surface area contributed by atoms with Crippen LogP contribution in [-0.2, 0) is 0 Å². The molecule has 0 saturated carbocycles. The second-order valence-corrected chi connectivity index (χ2v) is 18.1. The molecule has 3 heteroatoms. The van der Waals surface area contributed by atoms with Gasteiger partial charge in [-0.3, -0.25) is 0 Å². The molecule has 0 saturated heterocycles. The van der Waals surface area contributed by atoms with Crippen LogP contribution < -0.4 is 4.90 Å². The van der Waals surface area contributed by atoms with E-state index >= 15 is 0 Å². The third kappa shape index (κ3) is 6.43. The van der Waals surface area contributed by atoms with Crippen molar-refractivity contribution in [2.24, 2.45) is 0 Å². The molecule has 322 valence electrons. The lowest BCUT2D eigenvalue weighted by Gasteiger charge is -2.28.